The number of rotatable bonds is 1. The highest BCUT2D eigenvalue weighted by atomic mass is 32.1. The summed E-state index contributed by atoms with van der Waals surface area (Å²) in [5, 5.41) is 0.963. The second kappa shape index (κ2) is 2.67. The van der Waals surface area contributed by atoms with Gasteiger partial charge in [0.2, 0.25) is 0 Å². The Labute approximate surface area is 73.9 Å². The summed E-state index contributed by atoms with van der Waals surface area (Å²) in [5.74, 6) is 0. The van der Waals surface area contributed by atoms with Crippen molar-refractivity contribution in [3.05, 3.63) is 12.5 Å². The van der Waals surface area contributed by atoms with Crippen LogP contribution in [0.2, 0.25) is 0 Å². The number of thiazole rings is 1. The highest BCUT2D eigenvalue weighted by Gasteiger charge is 2.04. The molecule has 0 amide bonds. The van der Waals surface area contributed by atoms with Crippen LogP contribution in [-0.4, -0.2) is 29.0 Å². The first-order valence-electron chi connectivity index (χ1n) is 3.51. The molecular formula is C7H8N4S. The summed E-state index contributed by atoms with van der Waals surface area (Å²) in [6.45, 7) is 0. The third-order valence-electron chi connectivity index (χ3n) is 1.44. The minimum atomic E-state index is 0.867. The molecule has 0 unspecified atom stereocenters. The van der Waals surface area contributed by atoms with Crippen molar-refractivity contribution < 1.29 is 0 Å². The van der Waals surface area contributed by atoms with E-state index in [0.717, 1.165) is 15.5 Å². The minimum Gasteiger partial charge on any atom is -0.354 e. The molecule has 0 aliphatic rings. The Bertz CT molecular complexity index is 362. The van der Waals surface area contributed by atoms with E-state index >= 15 is 0 Å². The van der Waals surface area contributed by atoms with Crippen LogP contribution in [0, 0.1) is 0 Å². The zero-order chi connectivity index (χ0) is 8.55. The summed E-state index contributed by atoms with van der Waals surface area (Å²) in [6, 6.07) is 0. The normalized spacial score (nSPS) is 10.5. The molecule has 0 atom stereocenters. The van der Waals surface area contributed by atoms with Gasteiger partial charge in [-0.3, -0.25) is 0 Å². The predicted molar refractivity (Wildman–Crippen MR) is 49.5 cm³/mol. The van der Waals surface area contributed by atoms with Crippen molar-refractivity contribution in [2.45, 2.75) is 0 Å². The molecule has 0 radical (unpaired) electrons. The van der Waals surface area contributed by atoms with Crippen LogP contribution >= 0.6 is 11.3 Å². The molecule has 2 aromatic heterocycles. The van der Waals surface area contributed by atoms with Gasteiger partial charge in [-0.1, -0.05) is 11.3 Å². The number of hydrogen-bond donors (Lipinski definition) is 0. The Hall–Kier alpha value is -1.23. The third kappa shape index (κ3) is 1.12. The fourth-order valence-electron chi connectivity index (χ4n) is 0.870. The Morgan fingerprint density at radius 2 is 2.25 bits per heavy atom. The van der Waals surface area contributed by atoms with E-state index in [1.165, 1.54) is 0 Å². The second-order valence-corrected chi connectivity index (χ2v) is 3.56. The molecule has 0 N–H and O–H groups in total. The van der Waals surface area contributed by atoms with Crippen molar-refractivity contribution in [1.82, 2.24) is 15.0 Å². The monoisotopic (exact) mass is 180 g/mol. The van der Waals surface area contributed by atoms with E-state index in [2.05, 4.69) is 15.0 Å². The van der Waals surface area contributed by atoms with Gasteiger partial charge in [-0.2, -0.15) is 0 Å². The van der Waals surface area contributed by atoms with Gasteiger partial charge in [0.05, 0.1) is 6.20 Å². The van der Waals surface area contributed by atoms with Crippen LogP contribution in [0.1, 0.15) is 0 Å². The van der Waals surface area contributed by atoms with Crippen molar-refractivity contribution in [3.63, 3.8) is 0 Å². The molecule has 12 heavy (non-hydrogen) atoms. The molecule has 0 saturated carbocycles. The molecule has 2 aromatic rings. The van der Waals surface area contributed by atoms with Gasteiger partial charge in [-0.25, -0.2) is 15.0 Å². The minimum absolute atomic E-state index is 0.867. The van der Waals surface area contributed by atoms with Gasteiger partial charge in [-0.15, -0.1) is 0 Å². The fraction of sp³-hybridized carbons (Fsp3) is 0.286. The molecule has 2 heterocycles. The van der Waals surface area contributed by atoms with Crippen LogP contribution < -0.4 is 4.90 Å². The van der Waals surface area contributed by atoms with E-state index in [4.69, 9.17) is 0 Å². The maximum absolute atomic E-state index is 4.33. The predicted octanol–water partition coefficient (Wildman–Crippen LogP) is 1.15. The summed E-state index contributed by atoms with van der Waals surface area (Å²) < 4.78 is 0. The molecule has 0 aromatic carbocycles. The Balaban J connectivity index is 2.62. The van der Waals surface area contributed by atoms with Gasteiger partial charge in [0.25, 0.3) is 0 Å². The average molecular weight is 180 g/mol. The number of nitrogens with zero attached hydrogens (tertiary/aromatic N) is 4. The molecule has 5 heteroatoms. The van der Waals surface area contributed by atoms with Crippen LogP contribution in [0.3, 0.4) is 0 Å². The number of aromatic nitrogens is 3. The first-order chi connectivity index (χ1) is 5.77. The van der Waals surface area contributed by atoms with Gasteiger partial charge >= 0.3 is 0 Å². The largest absolute Gasteiger partial charge is 0.354 e. The van der Waals surface area contributed by atoms with Gasteiger partial charge < -0.3 is 4.90 Å². The number of hydrogen-bond acceptors (Lipinski definition) is 5. The van der Waals surface area contributed by atoms with E-state index in [1.807, 2.05) is 19.0 Å². The Kier molecular flexibility index (Phi) is 1.65. The Morgan fingerprint density at radius 3 is 2.92 bits per heavy atom. The highest BCUT2D eigenvalue weighted by Crippen LogP contribution is 2.24. The maximum Gasteiger partial charge on any atom is 0.187 e. The zero-order valence-corrected chi connectivity index (χ0v) is 7.67. The van der Waals surface area contributed by atoms with Crippen molar-refractivity contribution in [2.75, 3.05) is 19.0 Å². The summed E-state index contributed by atoms with van der Waals surface area (Å²) in [5.41, 5.74) is 0.867. The van der Waals surface area contributed by atoms with Gasteiger partial charge in [0.1, 0.15) is 16.7 Å². The van der Waals surface area contributed by atoms with E-state index in [9.17, 15) is 0 Å². The lowest BCUT2D eigenvalue weighted by Crippen LogP contribution is -2.07. The lowest BCUT2D eigenvalue weighted by Gasteiger charge is -2.04. The highest BCUT2D eigenvalue weighted by molar-refractivity contribution is 7.21. The van der Waals surface area contributed by atoms with E-state index in [-0.39, 0.29) is 0 Å². The van der Waals surface area contributed by atoms with Crippen molar-refractivity contribution in [3.8, 4) is 0 Å². The Morgan fingerprint density at radius 1 is 1.42 bits per heavy atom. The van der Waals surface area contributed by atoms with Crippen LogP contribution in [0.4, 0.5) is 5.13 Å². The topological polar surface area (TPSA) is 41.9 Å². The van der Waals surface area contributed by atoms with Crippen molar-refractivity contribution >= 4 is 26.8 Å². The lowest BCUT2D eigenvalue weighted by atomic mass is 10.6. The summed E-state index contributed by atoms with van der Waals surface area (Å²) in [4.78, 5) is 15.2. The average Bonchev–Trinajstić information content (AvgIpc) is 2.46. The molecule has 0 bridgehead atoms. The van der Waals surface area contributed by atoms with Crippen molar-refractivity contribution in [2.24, 2.45) is 0 Å². The van der Waals surface area contributed by atoms with E-state index in [1.54, 1.807) is 23.9 Å². The summed E-state index contributed by atoms with van der Waals surface area (Å²) in [6.07, 6.45) is 3.27. The SMILES string of the molecule is CN(C)c1nc2cncnc2s1. The van der Waals surface area contributed by atoms with Gasteiger partial charge in [0.15, 0.2) is 5.13 Å². The molecule has 2 rings (SSSR count). The zero-order valence-electron chi connectivity index (χ0n) is 6.85. The third-order valence-corrected chi connectivity index (χ3v) is 2.59. The molecule has 0 aliphatic heterocycles. The molecule has 0 aliphatic carbocycles. The number of fused-ring (bicyclic) bond motifs is 1. The maximum atomic E-state index is 4.33. The summed E-state index contributed by atoms with van der Waals surface area (Å²) >= 11 is 1.57. The van der Waals surface area contributed by atoms with Crippen LogP contribution in [0.5, 0.6) is 0 Å². The first-order valence-corrected chi connectivity index (χ1v) is 4.33. The fourth-order valence-corrected chi connectivity index (χ4v) is 1.67. The van der Waals surface area contributed by atoms with Crippen LogP contribution in [0.15, 0.2) is 12.5 Å². The molecule has 0 spiro atoms. The number of anilines is 1. The molecule has 62 valence electrons. The van der Waals surface area contributed by atoms with Crippen LogP contribution in [-0.2, 0) is 0 Å². The summed E-state index contributed by atoms with van der Waals surface area (Å²) in [7, 11) is 3.93. The molecule has 0 fully saturated rings. The van der Waals surface area contributed by atoms with E-state index < -0.39 is 0 Å². The molecular weight excluding hydrogens is 172 g/mol. The van der Waals surface area contributed by atoms with E-state index in [0.29, 0.717) is 0 Å². The first kappa shape index (κ1) is 7.42. The quantitative estimate of drug-likeness (QED) is 0.660. The smallest absolute Gasteiger partial charge is 0.187 e. The second-order valence-electron chi connectivity index (χ2n) is 2.60. The standard InChI is InChI=1S/C7H8N4S/c1-11(2)7-10-5-3-8-4-9-6(5)12-7/h3-4H,1-2H3. The molecule has 0 saturated heterocycles. The molecule has 4 nitrogen and oxygen atoms in total. The van der Waals surface area contributed by atoms with Gasteiger partial charge in [0, 0.05) is 14.1 Å². The van der Waals surface area contributed by atoms with Crippen LogP contribution in [0.25, 0.3) is 10.3 Å². The lowest BCUT2D eigenvalue weighted by molar-refractivity contribution is 1.11. The van der Waals surface area contributed by atoms with Crippen molar-refractivity contribution in [1.29, 1.82) is 0 Å². The van der Waals surface area contributed by atoms with Gasteiger partial charge in [-0.05, 0) is 0 Å².